The number of nitrogens with one attached hydrogen (secondary N) is 1. The van der Waals surface area contributed by atoms with E-state index in [4.69, 9.17) is 0 Å². The Morgan fingerprint density at radius 1 is 0.923 bits per heavy atom. The molecule has 0 spiro atoms. The van der Waals surface area contributed by atoms with Gasteiger partial charge in [0.05, 0.1) is 17.4 Å². The van der Waals surface area contributed by atoms with E-state index in [1.807, 2.05) is 24.3 Å². The maximum absolute atomic E-state index is 14.7. The number of hydrogen-bond acceptors (Lipinski definition) is 5. The van der Waals surface area contributed by atoms with Crippen molar-refractivity contribution >= 4 is 17.4 Å². The van der Waals surface area contributed by atoms with Gasteiger partial charge in [-0.2, -0.15) is 5.10 Å². The molecule has 2 aliphatic rings. The number of aromatic nitrogens is 2. The van der Waals surface area contributed by atoms with Crippen LogP contribution in [-0.4, -0.2) is 30.8 Å². The van der Waals surface area contributed by atoms with Crippen LogP contribution in [0.2, 0.25) is 0 Å². The molecule has 2 heterocycles. The third-order valence-corrected chi connectivity index (χ3v) is 7.59. The van der Waals surface area contributed by atoms with Crippen LogP contribution >= 0.6 is 0 Å². The van der Waals surface area contributed by atoms with E-state index in [0.717, 1.165) is 55.4 Å². The van der Waals surface area contributed by atoms with Crippen LogP contribution in [0, 0.1) is 11.6 Å². The van der Waals surface area contributed by atoms with Gasteiger partial charge < -0.3 is 20.4 Å². The lowest BCUT2D eigenvalue weighted by atomic mass is 9.96. The lowest BCUT2D eigenvalue weighted by Crippen LogP contribution is -2.26. The van der Waals surface area contributed by atoms with Crippen LogP contribution in [0.5, 0.6) is 11.5 Å². The van der Waals surface area contributed by atoms with Gasteiger partial charge in [0.1, 0.15) is 22.9 Å². The molecule has 3 aromatic carbocycles. The maximum Gasteiger partial charge on any atom is 0.260 e. The molecule has 1 fully saturated rings. The normalized spacial score (nSPS) is 15.4. The first-order valence-corrected chi connectivity index (χ1v) is 13.1. The molecule has 0 bridgehead atoms. The Labute approximate surface area is 224 Å². The summed E-state index contributed by atoms with van der Waals surface area (Å²) in [6.07, 6.45) is 4.87. The standard InChI is InChI=1S/C30H28F2N4O3/c31-23-12-6-11-22(29(23)32)24-15-27(36(34-24)20-9-2-1-3-10-20)33-25-13-21(37)14-26(38)28(25)30(39)35-16-18-7-4-5-8-19(18)17-35/h4-8,11-15,20,33,37-38H,1-3,9-10,16-17H2. The van der Waals surface area contributed by atoms with E-state index < -0.39 is 17.5 Å². The van der Waals surface area contributed by atoms with Crippen LogP contribution < -0.4 is 5.32 Å². The van der Waals surface area contributed by atoms with E-state index >= 15 is 0 Å². The van der Waals surface area contributed by atoms with Crippen molar-refractivity contribution in [2.45, 2.75) is 51.2 Å². The number of hydrogen-bond donors (Lipinski definition) is 3. The Morgan fingerprint density at radius 2 is 1.64 bits per heavy atom. The number of fused-ring (bicyclic) bond motifs is 1. The number of anilines is 2. The number of benzene rings is 3. The van der Waals surface area contributed by atoms with Crippen molar-refractivity contribution < 1.29 is 23.8 Å². The number of phenols is 2. The van der Waals surface area contributed by atoms with Gasteiger partial charge in [-0.05, 0) is 36.1 Å². The second kappa shape index (κ2) is 10.1. The van der Waals surface area contributed by atoms with E-state index in [2.05, 4.69) is 10.4 Å². The van der Waals surface area contributed by atoms with Gasteiger partial charge in [-0.15, -0.1) is 0 Å². The number of aromatic hydroxyl groups is 2. The average Bonchev–Trinajstić information content (AvgIpc) is 3.55. The molecule has 9 heteroatoms. The zero-order chi connectivity index (χ0) is 27.1. The molecular formula is C30H28F2N4O3. The second-order valence-corrected chi connectivity index (χ2v) is 10.2. The first kappa shape index (κ1) is 24.9. The molecule has 0 atom stereocenters. The van der Waals surface area contributed by atoms with Gasteiger partial charge >= 0.3 is 0 Å². The summed E-state index contributed by atoms with van der Waals surface area (Å²) in [5, 5.41) is 29.0. The molecule has 4 aromatic rings. The SMILES string of the molecule is O=C(c1c(O)cc(O)cc1Nc1cc(-c2cccc(F)c2F)nn1C1CCCCC1)N1Cc2ccccc2C1. The van der Waals surface area contributed by atoms with Crippen molar-refractivity contribution in [3.05, 3.63) is 89.0 Å². The van der Waals surface area contributed by atoms with E-state index in [9.17, 15) is 23.8 Å². The summed E-state index contributed by atoms with van der Waals surface area (Å²) < 4.78 is 30.5. The van der Waals surface area contributed by atoms with Crippen LogP contribution in [0.3, 0.4) is 0 Å². The average molecular weight is 531 g/mol. The van der Waals surface area contributed by atoms with Crippen molar-refractivity contribution in [1.82, 2.24) is 14.7 Å². The van der Waals surface area contributed by atoms with Crippen LogP contribution in [0.25, 0.3) is 11.3 Å². The Balaban J connectivity index is 1.40. The van der Waals surface area contributed by atoms with E-state index in [1.54, 1.807) is 15.6 Å². The summed E-state index contributed by atoms with van der Waals surface area (Å²) in [4.78, 5) is 15.3. The highest BCUT2D eigenvalue weighted by molar-refractivity contribution is 6.03. The van der Waals surface area contributed by atoms with Gasteiger partial charge in [0.25, 0.3) is 5.91 Å². The largest absolute Gasteiger partial charge is 0.508 e. The summed E-state index contributed by atoms with van der Waals surface area (Å²) >= 11 is 0. The molecule has 0 unspecified atom stereocenters. The zero-order valence-corrected chi connectivity index (χ0v) is 21.2. The van der Waals surface area contributed by atoms with Gasteiger partial charge in [0.15, 0.2) is 11.6 Å². The summed E-state index contributed by atoms with van der Waals surface area (Å²) in [6.45, 7) is 0.801. The van der Waals surface area contributed by atoms with Crippen molar-refractivity contribution in [3.8, 4) is 22.8 Å². The van der Waals surface area contributed by atoms with Crippen LogP contribution in [0.15, 0.2) is 60.7 Å². The molecule has 1 aliphatic heterocycles. The minimum Gasteiger partial charge on any atom is -0.508 e. The molecule has 0 radical (unpaired) electrons. The summed E-state index contributed by atoms with van der Waals surface area (Å²) in [5.74, 6) is -2.49. The van der Waals surface area contributed by atoms with Crippen LogP contribution in [-0.2, 0) is 13.1 Å². The smallest absolute Gasteiger partial charge is 0.260 e. The third-order valence-electron chi connectivity index (χ3n) is 7.59. The fourth-order valence-electron chi connectivity index (χ4n) is 5.63. The second-order valence-electron chi connectivity index (χ2n) is 10.2. The van der Waals surface area contributed by atoms with E-state index in [-0.39, 0.29) is 40.0 Å². The van der Waals surface area contributed by atoms with Gasteiger partial charge in [-0.1, -0.05) is 49.6 Å². The molecule has 0 saturated heterocycles. The van der Waals surface area contributed by atoms with Crippen LogP contribution in [0.4, 0.5) is 20.3 Å². The molecule has 39 heavy (non-hydrogen) atoms. The van der Waals surface area contributed by atoms with Gasteiger partial charge in [0, 0.05) is 36.9 Å². The number of phenolic OH excluding ortho intramolecular Hbond substituents is 2. The Hall–Kier alpha value is -4.40. The molecular weight excluding hydrogens is 502 g/mol. The van der Waals surface area contributed by atoms with Gasteiger partial charge in [-0.3, -0.25) is 4.79 Å². The molecule has 1 amide bonds. The number of rotatable bonds is 5. The minimum absolute atomic E-state index is 0.00971. The molecule has 7 nitrogen and oxygen atoms in total. The summed E-state index contributed by atoms with van der Waals surface area (Å²) in [5.41, 5.74) is 2.54. The summed E-state index contributed by atoms with van der Waals surface area (Å²) in [6, 6.07) is 15.9. The van der Waals surface area contributed by atoms with Crippen LogP contribution in [0.1, 0.15) is 59.6 Å². The topological polar surface area (TPSA) is 90.6 Å². The molecule has 1 aliphatic carbocycles. The predicted octanol–water partition coefficient (Wildman–Crippen LogP) is 6.64. The highest BCUT2D eigenvalue weighted by Crippen LogP contribution is 2.39. The summed E-state index contributed by atoms with van der Waals surface area (Å²) in [7, 11) is 0. The maximum atomic E-state index is 14.7. The highest BCUT2D eigenvalue weighted by Gasteiger charge is 2.29. The lowest BCUT2D eigenvalue weighted by molar-refractivity contribution is 0.0749. The lowest BCUT2D eigenvalue weighted by Gasteiger charge is -2.25. The van der Waals surface area contributed by atoms with Gasteiger partial charge in [0.2, 0.25) is 0 Å². The van der Waals surface area contributed by atoms with Crippen molar-refractivity contribution in [2.75, 3.05) is 5.32 Å². The minimum atomic E-state index is -0.989. The number of carbonyl (C=O) groups is 1. The predicted molar refractivity (Wildman–Crippen MR) is 143 cm³/mol. The molecule has 1 saturated carbocycles. The van der Waals surface area contributed by atoms with Gasteiger partial charge in [-0.25, -0.2) is 13.5 Å². The Kier molecular flexibility index (Phi) is 6.42. The molecule has 1 aromatic heterocycles. The van der Waals surface area contributed by atoms with E-state index in [1.165, 1.54) is 18.2 Å². The quantitative estimate of drug-likeness (QED) is 0.269. The number of carbonyl (C=O) groups excluding carboxylic acids is 1. The van der Waals surface area contributed by atoms with Crippen molar-refractivity contribution in [2.24, 2.45) is 0 Å². The first-order valence-electron chi connectivity index (χ1n) is 13.1. The van der Waals surface area contributed by atoms with Crippen molar-refractivity contribution in [1.29, 1.82) is 0 Å². The molecule has 200 valence electrons. The number of amides is 1. The first-order chi connectivity index (χ1) is 18.9. The number of halogens is 2. The fraction of sp³-hybridized carbons (Fsp3) is 0.267. The fourth-order valence-corrected chi connectivity index (χ4v) is 5.63. The highest BCUT2D eigenvalue weighted by atomic mass is 19.2. The van der Waals surface area contributed by atoms with E-state index in [0.29, 0.717) is 18.9 Å². The number of nitrogens with zero attached hydrogens (tertiary/aromatic N) is 3. The molecule has 6 rings (SSSR count). The zero-order valence-electron chi connectivity index (χ0n) is 21.2. The Morgan fingerprint density at radius 3 is 2.36 bits per heavy atom. The monoisotopic (exact) mass is 530 g/mol. The Bertz CT molecular complexity index is 1540. The molecule has 3 N–H and O–H groups in total. The third kappa shape index (κ3) is 4.69. The van der Waals surface area contributed by atoms with Crippen molar-refractivity contribution in [3.63, 3.8) is 0 Å².